The minimum Gasteiger partial charge on any atom is -0.347 e. The van der Waals surface area contributed by atoms with Gasteiger partial charge in [0.15, 0.2) is 0 Å². The summed E-state index contributed by atoms with van der Waals surface area (Å²) in [6.07, 6.45) is 6.07. The molecule has 0 spiro atoms. The molecular formula is C10H15N3O2S. The predicted octanol–water partition coefficient (Wildman–Crippen LogP) is 1.41. The highest BCUT2D eigenvalue weighted by molar-refractivity contribution is 7.92. The van der Waals surface area contributed by atoms with E-state index >= 15 is 0 Å². The van der Waals surface area contributed by atoms with Crippen LogP contribution in [0.3, 0.4) is 0 Å². The van der Waals surface area contributed by atoms with Gasteiger partial charge in [0.25, 0.3) is 0 Å². The molecule has 1 aromatic heterocycles. The predicted molar refractivity (Wildman–Crippen MR) is 61.0 cm³/mol. The molecule has 2 rings (SSSR count). The number of H-pyrrole nitrogens is 1. The molecule has 0 saturated carbocycles. The summed E-state index contributed by atoms with van der Waals surface area (Å²) in [4.78, 5) is 7.12. The lowest BCUT2D eigenvalue weighted by Crippen LogP contribution is -2.37. The quantitative estimate of drug-likeness (QED) is 0.870. The van der Waals surface area contributed by atoms with Gasteiger partial charge < -0.3 is 4.98 Å². The van der Waals surface area contributed by atoms with Crippen molar-refractivity contribution >= 4 is 10.0 Å². The molecule has 1 aliphatic rings. The first-order chi connectivity index (χ1) is 7.65. The number of nitrogens with one attached hydrogen (secondary N) is 1. The van der Waals surface area contributed by atoms with Crippen LogP contribution in [0.4, 0.5) is 0 Å². The molecule has 1 aromatic rings. The molecule has 1 fully saturated rings. The lowest BCUT2D eigenvalue weighted by molar-refractivity contribution is 0.250. The van der Waals surface area contributed by atoms with Crippen LogP contribution in [-0.4, -0.2) is 29.2 Å². The van der Waals surface area contributed by atoms with Gasteiger partial charge in [0.1, 0.15) is 5.82 Å². The molecule has 6 heteroatoms. The summed E-state index contributed by atoms with van der Waals surface area (Å²) < 4.78 is 25.1. The third kappa shape index (κ3) is 2.03. The molecule has 0 amide bonds. The first kappa shape index (κ1) is 11.3. The highest BCUT2D eigenvalue weighted by Gasteiger charge is 2.32. The number of hydrogen-bond acceptors (Lipinski definition) is 3. The van der Waals surface area contributed by atoms with Gasteiger partial charge in [0.2, 0.25) is 10.0 Å². The fourth-order valence-corrected chi connectivity index (χ4v) is 3.17. The maximum Gasteiger partial charge on any atom is 0.236 e. The molecule has 1 unspecified atom stereocenters. The zero-order chi connectivity index (χ0) is 11.6. The highest BCUT2D eigenvalue weighted by Crippen LogP contribution is 2.31. The fourth-order valence-electron chi connectivity index (χ4n) is 2.04. The second-order valence-electron chi connectivity index (χ2n) is 3.81. The van der Waals surface area contributed by atoms with Crippen LogP contribution in [0.25, 0.3) is 0 Å². The first-order valence-electron chi connectivity index (χ1n) is 5.29. The van der Waals surface area contributed by atoms with Crippen molar-refractivity contribution in [3.8, 4) is 0 Å². The molecule has 0 aromatic carbocycles. The molecule has 1 aliphatic heterocycles. The summed E-state index contributed by atoms with van der Waals surface area (Å²) in [5.74, 6) is 0.713. The van der Waals surface area contributed by atoms with Crippen LogP contribution in [0, 0.1) is 0 Å². The van der Waals surface area contributed by atoms with E-state index in [1.807, 2.05) is 0 Å². The van der Waals surface area contributed by atoms with Crippen LogP contribution >= 0.6 is 0 Å². The van der Waals surface area contributed by atoms with Gasteiger partial charge in [-0.3, -0.25) is 0 Å². The van der Waals surface area contributed by atoms with Gasteiger partial charge in [-0.25, -0.2) is 13.4 Å². The van der Waals surface area contributed by atoms with Gasteiger partial charge in [-0.05, 0) is 12.8 Å². The van der Waals surface area contributed by atoms with Crippen molar-refractivity contribution in [3.63, 3.8) is 0 Å². The van der Waals surface area contributed by atoms with Gasteiger partial charge in [-0.1, -0.05) is 13.0 Å². The van der Waals surface area contributed by atoms with E-state index in [9.17, 15) is 8.42 Å². The van der Waals surface area contributed by atoms with Gasteiger partial charge in [-0.2, -0.15) is 4.31 Å². The highest BCUT2D eigenvalue weighted by atomic mass is 32.2. The van der Waals surface area contributed by atoms with E-state index in [4.69, 9.17) is 0 Å². The number of imidazole rings is 1. The monoisotopic (exact) mass is 241 g/mol. The number of aromatic amines is 1. The summed E-state index contributed by atoms with van der Waals surface area (Å²) in [6, 6.07) is -0.174. The van der Waals surface area contributed by atoms with Crippen LogP contribution in [-0.2, 0) is 10.0 Å². The molecule has 1 saturated heterocycles. The number of rotatable bonds is 3. The number of sulfonamides is 1. The Labute approximate surface area is 95.2 Å². The third-order valence-electron chi connectivity index (χ3n) is 2.83. The van der Waals surface area contributed by atoms with Crippen molar-refractivity contribution < 1.29 is 8.42 Å². The minimum atomic E-state index is -3.36. The average molecular weight is 241 g/mol. The van der Waals surface area contributed by atoms with E-state index < -0.39 is 10.0 Å². The second kappa shape index (κ2) is 4.39. The van der Waals surface area contributed by atoms with Crippen LogP contribution in [0.2, 0.25) is 0 Å². The van der Waals surface area contributed by atoms with Crippen molar-refractivity contribution in [3.05, 3.63) is 30.2 Å². The van der Waals surface area contributed by atoms with E-state index in [0.29, 0.717) is 12.4 Å². The maximum atomic E-state index is 11.8. The van der Waals surface area contributed by atoms with Crippen LogP contribution in [0.1, 0.15) is 31.1 Å². The maximum absolute atomic E-state index is 11.8. The Morgan fingerprint density at radius 3 is 3.00 bits per heavy atom. The first-order valence-corrected chi connectivity index (χ1v) is 6.79. The number of aromatic nitrogens is 2. The second-order valence-corrected chi connectivity index (χ2v) is 5.64. The zero-order valence-electron chi connectivity index (χ0n) is 8.96. The van der Waals surface area contributed by atoms with Crippen molar-refractivity contribution in [1.82, 2.24) is 14.3 Å². The van der Waals surface area contributed by atoms with Crippen LogP contribution in [0.15, 0.2) is 24.4 Å². The lowest BCUT2D eigenvalue weighted by Gasteiger charge is -2.32. The molecule has 1 N–H and O–H groups in total. The van der Waals surface area contributed by atoms with Crippen molar-refractivity contribution in [1.29, 1.82) is 0 Å². The van der Waals surface area contributed by atoms with Gasteiger partial charge >= 0.3 is 0 Å². The van der Waals surface area contributed by atoms with E-state index in [2.05, 4.69) is 16.5 Å². The van der Waals surface area contributed by atoms with Crippen molar-refractivity contribution in [2.24, 2.45) is 0 Å². The summed E-state index contributed by atoms with van der Waals surface area (Å²) in [6.45, 7) is 3.90. The molecule has 5 nitrogen and oxygen atoms in total. The summed E-state index contributed by atoms with van der Waals surface area (Å²) >= 11 is 0. The topological polar surface area (TPSA) is 66.1 Å². The number of nitrogens with zero attached hydrogens (tertiary/aromatic N) is 2. The Balaban J connectivity index is 2.31. The van der Waals surface area contributed by atoms with E-state index in [1.54, 1.807) is 12.4 Å². The van der Waals surface area contributed by atoms with Crippen molar-refractivity contribution in [2.75, 3.05) is 6.54 Å². The number of piperidine rings is 1. The van der Waals surface area contributed by atoms with Crippen LogP contribution in [0.5, 0.6) is 0 Å². The summed E-state index contributed by atoms with van der Waals surface area (Å²) in [7, 11) is -3.36. The molecule has 2 heterocycles. The van der Waals surface area contributed by atoms with E-state index in [-0.39, 0.29) is 6.04 Å². The summed E-state index contributed by atoms with van der Waals surface area (Å²) in [5.41, 5.74) is 0. The Morgan fingerprint density at radius 2 is 2.38 bits per heavy atom. The zero-order valence-corrected chi connectivity index (χ0v) is 9.78. The van der Waals surface area contributed by atoms with Gasteiger partial charge in [-0.15, -0.1) is 0 Å². The standard InChI is InChI=1S/C10H15N3O2S/c1-2-16(14,15)13-8-4-3-5-9(13)10-11-6-7-12-10/h2,6-7,9H,1,3-5,8H2,(H,11,12). The Hall–Kier alpha value is -1.14. The molecule has 1 atom stereocenters. The lowest BCUT2D eigenvalue weighted by atomic mass is 10.0. The van der Waals surface area contributed by atoms with Crippen molar-refractivity contribution in [2.45, 2.75) is 25.3 Å². The Kier molecular flexibility index (Phi) is 3.11. The Morgan fingerprint density at radius 1 is 1.56 bits per heavy atom. The molecule has 0 bridgehead atoms. The molecular weight excluding hydrogens is 226 g/mol. The van der Waals surface area contributed by atoms with Crippen LogP contribution < -0.4 is 0 Å². The molecule has 0 aliphatic carbocycles. The largest absolute Gasteiger partial charge is 0.347 e. The van der Waals surface area contributed by atoms with Gasteiger partial charge in [0, 0.05) is 24.3 Å². The minimum absolute atomic E-state index is 0.174. The Bertz CT molecular complexity index is 452. The SMILES string of the molecule is C=CS(=O)(=O)N1CCCCC1c1ncc[nH]1. The number of hydrogen-bond donors (Lipinski definition) is 1. The van der Waals surface area contributed by atoms with E-state index in [0.717, 1.165) is 24.7 Å². The molecule has 16 heavy (non-hydrogen) atoms. The normalized spacial score (nSPS) is 23.1. The third-order valence-corrected chi connectivity index (χ3v) is 4.34. The summed E-state index contributed by atoms with van der Waals surface area (Å²) in [5, 5.41) is 1.01. The van der Waals surface area contributed by atoms with E-state index in [1.165, 1.54) is 4.31 Å². The average Bonchev–Trinajstić information content (AvgIpc) is 2.82. The molecule has 0 radical (unpaired) electrons. The fraction of sp³-hybridized carbons (Fsp3) is 0.500. The van der Waals surface area contributed by atoms with Gasteiger partial charge in [0.05, 0.1) is 6.04 Å². The molecule has 88 valence electrons. The smallest absolute Gasteiger partial charge is 0.236 e.